The highest BCUT2D eigenvalue weighted by Gasteiger charge is 2.28. The van der Waals surface area contributed by atoms with Crippen molar-refractivity contribution in [3.05, 3.63) is 95.1 Å². The van der Waals surface area contributed by atoms with E-state index in [2.05, 4.69) is 34.9 Å². The minimum absolute atomic E-state index is 0.0509. The zero-order valence-corrected chi connectivity index (χ0v) is 20.5. The lowest BCUT2D eigenvalue weighted by molar-refractivity contribution is 0.0523. The molecule has 0 atom stereocenters. The van der Waals surface area contributed by atoms with Crippen molar-refractivity contribution in [1.82, 2.24) is 10.6 Å². The molecule has 0 saturated heterocycles. The van der Waals surface area contributed by atoms with Crippen LogP contribution in [0.1, 0.15) is 48.9 Å². The Kier molecular flexibility index (Phi) is 7.39. The molecule has 0 bridgehead atoms. The maximum Gasteiger partial charge on any atom is 0.407 e. The summed E-state index contributed by atoms with van der Waals surface area (Å²) in [4.78, 5) is 24.1. The lowest BCUT2D eigenvalue weighted by Gasteiger charge is -2.19. The molecule has 0 fully saturated rings. The van der Waals surface area contributed by atoms with Crippen LogP contribution in [0.5, 0.6) is 0 Å². The van der Waals surface area contributed by atoms with E-state index >= 15 is 0 Å². The van der Waals surface area contributed by atoms with Crippen LogP contribution in [0.3, 0.4) is 0 Å². The standard InChI is InChI=1S/C29H32N2O4/c1-29(2,3)35-28(33)31-18-21-14-12-20(13-15-21)16-17-30-27(32)34-19-26-24-10-6-4-8-22(24)23-9-5-7-11-25(23)26/h4-15,26H,16-19H2,1-3H3,(H,30,32)(H,31,33). The van der Waals surface area contributed by atoms with E-state index in [4.69, 9.17) is 9.47 Å². The summed E-state index contributed by atoms with van der Waals surface area (Å²) in [5, 5.41) is 5.59. The second kappa shape index (κ2) is 10.6. The van der Waals surface area contributed by atoms with E-state index in [0.29, 0.717) is 26.1 Å². The molecule has 0 aromatic heterocycles. The molecule has 3 aromatic carbocycles. The van der Waals surface area contributed by atoms with Crippen LogP contribution in [0.25, 0.3) is 11.1 Å². The molecule has 6 heteroatoms. The number of carbonyl (C=O) groups is 2. The third-order valence-corrected chi connectivity index (χ3v) is 5.89. The summed E-state index contributed by atoms with van der Waals surface area (Å²) in [6.45, 7) is 6.67. The quantitative estimate of drug-likeness (QED) is 0.456. The fourth-order valence-electron chi connectivity index (χ4n) is 4.27. The molecule has 0 radical (unpaired) electrons. The highest BCUT2D eigenvalue weighted by Crippen LogP contribution is 2.44. The molecular weight excluding hydrogens is 440 g/mol. The van der Waals surface area contributed by atoms with Crippen LogP contribution in [-0.4, -0.2) is 30.9 Å². The Morgan fingerprint density at radius 2 is 1.34 bits per heavy atom. The predicted molar refractivity (Wildman–Crippen MR) is 136 cm³/mol. The smallest absolute Gasteiger partial charge is 0.407 e. The molecule has 1 aliphatic carbocycles. The molecule has 0 saturated carbocycles. The minimum atomic E-state index is -0.520. The van der Waals surface area contributed by atoms with Crippen molar-refractivity contribution in [1.29, 1.82) is 0 Å². The van der Waals surface area contributed by atoms with Crippen LogP contribution >= 0.6 is 0 Å². The van der Waals surface area contributed by atoms with Gasteiger partial charge in [-0.15, -0.1) is 0 Å². The van der Waals surface area contributed by atoms with Crippen molar-refractivity contribution in [3.63, 3.8) is 0 Å². The highest BCUT2D eigenvalue weighted by molar-refractivity contribution is 5.79. The Bertz CT molecular complexity index is 1140. The number of hydrogen-bond acceptors (Lipinski definition) is 4. The Hall–Kier alpha value is -3.80. The number of alkyl carbamates (subject to hydrolysis) is 2. The second-order valence-electron chi connectivity index (χ2n) is 9.67. The fraction of sp³-hybridized carbons (Fsp3) is 0.310. The number of rotatable bonds is 7. The van der Waals surface area contributed by atoms with Crippen LogP contribution in [0.4, 0.5) is 9.59 Å². The van der Waals surface area contributed by atoms with Crippen molar-refractivity contribution >= 4 is 12.2 Å². The number of benzene rings is 3. The van der Waals surface area contributed by atoms with Gasteiger partial charge in [-0.2, -0.15) is 0 Å². The largest absolute Gasteiger partial charge is 0.449 e. The van der Waals surface area contributed by atoms with E-state index in [9.17, 15) is 9.59 Å². The summed E-state index contributed by atoms with van der Waals surface area (Å²) in [7, 11) is 0. The van der Waals surface area contributed by atoms with Gasteiger partial charge in [0.05, 0.1) is 0 Å². The van der Waals surface area contributed by atoms with Gasteiger partial charge in [0, 0.05) is 19.0 Å². The summed E-state index contributed by atoms with van der Waals surface area (Å²) in [5.41, 5.74) is 6.36. The van der Waals surface area contributed by atoms with Crippen molar-refractivity contribution in [2.75, 3.05) is 13.2 Å². The summed E-state index contributed by atoms with van der Waals surface area (Å²) in [6, 6.07) is 24.5. The van der Waals surface area contributed by atoms with Crippen molar-refractivity contribution < 1.29 is 19.1 Å². The zero-order valence-electron chi connectivity index (χ0n) is 20.5. The van der Waals surface area contributed by atoms with Gasteiger partial charge in [0.25, 0.3) is 0 Å². The van der Waals surface area contributed by atoms with Gasteiger partial charge in [-0.05, 0) is 60.6 Å². The van der Waals surface area contributed by atoms with Gasteiger partial charge in [-0.3, -0.25) is 0 Å². The molecule has 182 valence electrons. The second-order valence-corrected chi connectivity index (χ2v) is 9.67. The topological polar surface area (TPSA) is 76.7 Å². The summed E-state index contributed by atoms with van der Waals surface area (Å²) in [5.74, 6) is 0.0509. The first-order valence-corrected chi connectivity index (χ1v) is 11.9. The third-order valence-electron chi connectivity index (χ3n) is 5.89. The Balaban J connectivity index is 1.21. The molecule has 35 heavy (non-hydrogen) atoms. The van der Waals surface area contributed by atoms with Crippen molar-refractivity contribution in [2.45, 2.75) is 45.3 Å². The monoisotopic (exact) mass is 472 g/mol. The Morgan fingerprint density at radius 3 is 1.94 bits per heavy atom. The minimum Gasteiger partial charge on any atom is -0.449 e. The molecule has 2 N–H and O–H groups in total. The number of fused-ring (bicyclic) bond motifs is 3. The van der Waals surface area contributed by atoms with Crippen molar-refractivity contribution in [2.24, 2.45) is 0 Å². The van der Waals surface area contributed by atoms with E-state index < -0.39 is 17.8 Å². The molecule has 3 aromatic rings. The predicted octanol–water partition coefficient (Wildman–Crippen LogP) is 5.79. The molecule has 0 aliphatic heterocycles. The van der Waals surface area contributed by atoms with Crippen LogP contribution in [0.15, 0.2) is 72.8 Å². The fourth-order valence-corrected chi connectivity index (χ4v) is 4.27. The number of hydrogen-bond donors (Lipinski definition) is 2. The lowest BCUT2D eigenvalue weighted by atomic mass is 9.98. The molecule has 4 rings (SSSR count). The maximum atomic E-state index is 12.3. The van der Waals surface area contributed by atoms with Gasteiger partial charge in [-0.1, -0.05) is 72.8 Å². The van der Waals surface area contributed by atoms with E-state index in [1.165, 1.54) is 22.3 Å². The first-order chi connectivity index (χ1) is 16.8. The maximum absolute atomic E-state index is 12.3. The van der Waals surface area contributed by atoms with Gasteiger partial charge in [0.1, 0.15) is 12.2 Å². The Morgan fingerprint density at radius 1 is 0.771 bits per heavy atom. The van der Waals surface area contributed by atoms with Crippen LogP contribution in [0.2, 0.25) is 0 Å². The number of amides is 2. The molecule has 2 amide bonds. The molecule has 0 heterocycles. The van der Waals surface area contributed by atoms with Crippen LogP contribution in [0, 0.1) is 0 Å². The first-order valence-electron chi connectivity index (χ1n) is 11.9. The third kappa shape index (κ3) is 6.41. The summed E-state index contributed by atoms with van der Waals surface area (Å²) in [6.07, 6.45) is -0.164. The number of ether oxygens (including phenoxy) is 2. The molecule has 0 spiro atoms. The van der Waals surface area contributed by atoms with E-state index in [-0.39, 0.29) is 5.92 Å². The molecule has 0 unspecified atom stereocenters. The highest BCUT2D eigenvalue weighted by atomic mass is 16.6. The molecular formula is C29H32N2O4. The van der Waals surface area contributed by atoms with E-state index in [0.717, 1.165) is 11.1 Å². The normalized spacial score (nSPS) is 12.4. The first kappa shape index (κ1) is 24.3. The summed E-state index contributed by atoms with van der Waals surface area (Å²) >= 11 is 0. The van der Waals surface area contributed by atoms with Gasteiger partial charge < -0.3 is 20.1 Å². The Labute approximate surface area is 206 Å². The zero-order chi connectivity index (χ0) is 24.8. The number of carbonyl (C=O) groups excluding carboxylic acids is 2. The van der Waals surface area contributed by atoms with Gasteiger partial charge >= 0.3 is 12.2 Å². The van der Waals surface area contributed by atoms with E-state index in [1.807, 2.05) is 69.3 Å². The van der Waals surface area contributed by atoms with Gasteiger partial charge in [0.2, 0.25) is 0 Å². The average Bonchev–Trinajstić information content (AvgIpc) is 3.15. The average molecular weight is 473 g/mol. The molecule has 1 aliphatic rings. The number of nitrogens with one attached hydrogen (secondary N) is 2. The summed E-state index contributed by atoms with van der Waals surface area (Å²) < 4.78 is 10.8. The lowest BCUT2D eigenvalue weighted by Crippen LogP contribution is -2.32. The van der Waals surface area contributed by atoms with E-state index in [1.54, 1.807) is 0 Å². The van der Waals surface area contributed by atoms with Crippen LogP contribution in [-0.2, 0) is 22.4 Å². The van der Waals surface area contributed by atoms with Crippen molar-refractivity contribution in [3.8, 4) is 11.1 Å². The van der Waals surface area contributed by atoms with Crippen LogP contribution < -0.4 is 10.6 Å². The van der Waals surface area contributed by atoms with Gasteiger partial charge in [0.15, 0.2) is 0 Å². The van der Waals surface area contributed by atoms with Gasteiger partial charge in [-0.25, -0.2) is 9.59 Å². The molecule has 6 nitrogen and oxygen atoms in total. The SMILES string of the molecule is CC(C)(C)OC(=O)NCc1ccc(CCNC(=O)OCC2c3ccccc3-c3ccccc32)cc1.